The minimum Gasteiger partial charge on any atom is -0.327 e. The van der Waals surface area contributed by atoms with Gasteiger partial charge in [0, 0.05) is 12.6 Å². The van der Waals surface area contributed by atoms with Crippen LogP contribution in [0.15, 0.2) is 12.1 Å². The highest BCUT2D eigenvalue weighted by atomic mass is 35.5. The average molecular weight is 301 g/mol. The van der Waals surface area contributed by atoms with Gasteiger partial charge in [-0.05, 0) is 24.8 Å². The summed E-state index contributed by atoms with van der Waals surface area (Å²) < 4.78 is 29.1. The average Bonchev–Trinajstić information content (AvgIpc) is 2.64. The molecule has 0 bridgehead atoms. The fourth-order valence-corrected chi connectivity index (χ4v) is 2.32. The molecule has 20 heavy (non-hydrogen) atoms. The Morgan fingerprint density at radius 2 is 1.95 bits per heavy atom. The normalized spacial score (nSPS) is 13.9. The van der Waals surface area contributed by atoms with Crippen molar-refractivity contribution in [3.05, 3.63) is 29.6 Å². The van der Waals surface area contributed by atoms with E-state index in [1.54, 1.807) is 6.92 Å². The third-order valence-electron chi connectivity index (χ3n) is 3.24. The van der Waals surface area contributed by atoms with E-state index < -0.39 is 11.6 Å². The van der Waals surface area contributed by atoms with Gasteiger partial charge >= 0.3 is 0 Å². The molecule has 1 unspecified atom stereocenters. The molecule has 0 saturated heterocycles. The Kier molecular flexibility index (Phi) is 4.05. The number of hydrogen-bond donors (Lipinski definition) is 0. The van der Waals surface area contributed by atoms with Gasteiger partial charge in [-0.3, -0.25) is 0 Å². The first-order valence-electron chi connectivity index (χ1n) is 6.68. The van der Waals surface area contributed by atoms with Crippen LogP contribution in [0.2, 0.25) is 0 Å². The van der Waals surface area contributed by atoms with Gasteiger partial charge in [0.25, 0.3) is 0 Å². The first-order valence-corrected chi connectivity index (χ1v) is 7.12. The summed E-state index contributed by atoms with van der Waals surface area (Å²) >= 11 is 6.12. The number of fused-ring (bicyclic) bond motifs is 1. The van der Waals surface area contributed by atoms with Crippen LogP contribution >= 0.6 is 11.6 Å². The molecule has 110 valence electrons. The molecule has 2 aromatic rings. The highest BCUT2D eigenvalue weighted by Gasteiger charge is 2.20. The molecule has 0 saturated carbocycles. The molecule has 5 heteroatoms. The molecular formula is C15H19ClF2N2. The van der Waals surface area contributed by atoms with Gasteiger partial charge in [-0.15, -0.1) is 11.6 Å². The lowest BCUT2D eigenvalue weighted by atomic mass is 9.92. The second kappa shape index (κ2) is 5.32. The van der Waals surface area contributed by atoms with Gasteiger partial charge in [0.05, 0.1) is 10.9 Å². The van der Waals surface area contributed by atoms with Crippen LogP contribution in [0, 0.1) is 17.0 Å². The van der Waals surface area contributed by atoms with Crippen LogP contribution in [0.4, 0.5) is 8.78 Å². The fraction of sp³-hybridized carbons (Fsp3) is 0.533. The second-order valence-corrected chi connectivity index (χ2v) is 6.96. The van der Waals surface area contributed by atoms with Gasteiger partial charge in [-0.1, -0.05) is 20.8 Å². The Balaban J connectivity index is 2.56. The molecule has 0 fully saturated rings. The van der Waals surface area contributed by atoms with Crippen molar-refractivity contribution >= 4 is 22.6 Å². The van der Waals surface area contributed by atoms with E-state index in [-0.39, 0.29) is 16.3 Å². The number of alkyl halides is 1. The first-order chi connectivity index (χ1) is 9.19. The number of hydrogen-bond acceptors (Lipinski definition) is 1. The summed E-state index contributed by atoms with van der Waals surface area (Å²) in [7, 11) is 0. The minimum absolute atomic E-state index is 0.120. The molecule has 1 heterocycles. The van der Waals surface area contributed by atoms with Crippen molar-refractivity contribution in [3.63, 3.8) is 0 Å². The lowest BCUT2D eigenvalue weighted by Crippen LogP contribution is -2.12. The molecular weight excluding hydrogens is 282 g/mol. The van der Waals surface area contributed by atoms with Crippen LogP contribution < -0.4 is 0 Å². The fourth-order valence-electron chi connectivity index (χ4n) is 2.15. The minimum atomic E-state index is -0.645. The van der Waals surface area contributed by atoms with E-state index in [4.69, 9.17) is 11.6 Å². The standard InChI is InChI=1S/C15H19ClF2N2/c1-9(16)14-19-13-11(18)7-10(17)8-12(13)20(14)6-5-15(2,3)4/h7-9H,5-6H2,1-4H3. The molecule has 0 N–H and O–H groups in total. The van der Waals surface area contributed by atoms with E-state index in [0.717, 1.165) is 12.5 Å². The van der Waals surface area contributed by atoms with Gasteiger partial charge in [-0.25, -0.2) is 13.8 Å². The molecule has 0 aliphatic rings. The number of aromatic nitrogens is 2. The molecule has 0 amide bonds. The molecule has 1 aromatic heterocycles. The molecule has 0 radical (unpaired) electrons. The van der Waals surface area contributed by atoms with Crippen LogP contribution in [-0.2, 0) is 6.54 Å². The monoisotopic (exact) mass is 300 g/mol. The summed E-state index contributed by atoms with van der Waals surface area (Å²) in [6.45, 7) is 8.78. The van der Waals surface area contributed by atoms with Crippen molar-refractivity contribution < 1.29 is 8.78 Å². The number of nitrogens with zero attached hydrogens (tertiary/aromatic N) is 2. The Morgan fingerprint density at radius 3 is 2.50 bits per heavy atom. The lowest BCUT2D eigenvalue weighted by Gasteiger charge is -2.20. The molecule has 2 rings (SSSR count). The van der Waals surface area contributed by atoms with Gasteiger partial charge in [0.15, 0.2) is 5.82 Å². The SMILES string of the molecule is CC(Cl)c1nc2c(F)cc(F)cc2n1CCC(C)(C)C. The van der Waals surface area contributed by atoms with Crippen LogP contribution in [0.3, 0.4) is 0 Å². The summed E-state index contributed by atoms with van der Waals surface area (Å²) in [5.74, 6) is -0.663. The Morgan fingerprint density at radius 1 is 1.30 bits per heavy atom. The number of rotatable bonds is 3. The summed E-state index contributed by atoms with van der Waals surface area (Å²) in [5.41, 5.74) is 0.770. The topological polar surface area (TPSA) is 17.8 Å². The van der Waals surface area contributed by atoms with Gasteiger partial charge in [-0.2, -0.15) is 0 Å². The zero-order valence-corrected chi connectivity index (χ0v) is 12.9. The van der Waals surface area contributed by atoms with E-state index in [2.05, 4.69) is 25.8 Å². The smallest absolute Gasteiger partial charge is 0.153 e. The van der Waals surface area contributed by atoms with Crippen molar-refractivity contribution in [2.45, 2.75) is 46.0 Å². The first kappa shape index (κ1) is 15.2. The molecule has 0 aliphatic carbocycles. The summed E-state index contributed by atoms with van der Waals surface area (Å²) in [6.07, 6.45) is 0.868. The molecule has 2 nitrogen and oxygen atoms in total. The molecule has 0 spiro atoms. The van der Waals surface area contributed by atoms with Crippen molar-refractivity contribution in [1.82, 2.24) is 9.55 Å². The van der Waals surface area contributed by atoms with Gasteiger partial charge in [0.2, 0.25) is 0 Å². The van der Waals surface area contributed by atoms with Crippen LogP contribution in [0.1, 0.15) is 45.3 Å². The van der Waals surface area contributed by atoms with Crippen LogP contribution in [0.25, 0.3) is 11.0 Å². The highest BCUT2D eigenvalue weighted by molar-refractivity contribution is 6.20. The third-order valence-corrected chi connectivity index (χ3v) is 3.44. The molecule has 1 atom stereocenters. The largest absolute Gasteiger partial charge is 0.327 e. The maximum absolute atomic E-state index is 13.8. The van der Waals surface area contributed by atoms with Crippen molar-refractivity contribution in [1.29, 1.82) is 0 Å². The maximum atomic E-state index is 13.8. The van der Waals surface area contributed by atoms with Crippen LogP contribution in [0.5, 0.6) is 0 Å². The number of halogens is 3. The molecule has 0 aliphatic heterocycles. The van der Waals surface area contributed by atoms with Gasteiger partial charge in [0.1, 0.15) is 17.2 Å². The number of benzene rings is 1. The Hall–Kier alpha value is -1.16. The lowest BCUT2D eigenvalue weighted by molar-refractivity contribution is 0.350. The van der Waals surface area contributed by atoms with Crippen LogP contribution in [-0.4, -0.2) is 9.55 Å². The predicted molar refractivity (Wildman–Crippen MR) is 78.0 cm³/mol. The van der Waals surface area contributed by atoms with E-state index in [0.29, 0.717) is 17.9 Å². The van der Waals surface area contributed by atoms with Crippen molar-refractivity contribution in [3.8, 4) is 0 Å². The van der Waals surface area contributed by atoms with Crippen molar-refractivity contribution in [2.24, 2.45) is 5.41 Å². The number of aryl methyl sites for hydroxylation is 1. The molecule has 1 aromatic carbocycles. The third kappa shape index (κ3) is 3.11. The highest BCUT2D eigenvalue weighted by Crippen LogP contribution is 2.29. The second-order valence-electron chi connectivity index (χ2n) is 6.30. The zero-order valence-electron chi connectivity index (χ0n) is 12.2. The maximum Gasteiger partial charge on any atom is 0.153 e. The van der Waals surface area contributed by atoms with Crippen molar-refractivity contribution in [2.75, 3.05) is 0 Å². The van der Waals surface area contributed by atoms with E-state index in [1.165, 1.54) is 6.07 Å². The van der Waals surface area contributed by atoms with E-state index in [9.17, 15) is 8.78 Å². The summed E-state index contributed by atoms with van der Waals surface area (Å²) in [5, 5.41) is -0.357. The quantitative estimate of drug-likeness (QED) is 0.725. The Labute approximate surface area is 122 Å². The van der Waals surface area contributed by atoms with E-state index in [1.807, 2.05) is 4.57 Å². The predicted octanol–water partition coefficient (Wildman–Crippen LogP) is 5.05. The zero-order chi connectivity index (χ0) is 15.1. The Bertz CT molecular complexity index is 627. The van der Waals surface area contributed by atoms with E-state index >= 15 is 0 Å². The number of imidazole rings is 1. The summed E-state index contributed by atoms with van der Waals surface area (Å²) in [4.78, 5) is 4.24. The van der Waals surface area contributed by atoms with Gasteiger partial charge < -0.3 is 4.57 Å². The summed E-state index contributed by atoms with van der Waals surface area (Å²) in [6, 6.07) is 2.17.